The fourth-order valence-electron chi connectivity index (χ4n) is 1.75. The number of fused-ring (bicyclic) bond motifs is 1. The third-order valence-corrected chi connectivity index (χ3v) is 2.74. The zero-order chi connectivity index (χ0) is 13.7. The molecule has 0 fully saturated rings. The Morgan fingerprint density at radius 3 is 2.95 bits per heavy atom. The Kier molecular flexibility index (Phi) is 4.51. The number of aliphatic hydroxyl groups is 1. The molecule has 0 aliphatic carbocycles. The first-order chi connectivity index (χ1) is 9.26. The molecule has 0 aliphatic heterocycles. The van der Waals surface area contributed by atoms with Gasteiger partial charge in [0.05, 0.1) is 12.9 Å². The lowest BCUT2D eigenvalue weighted by Crippen LogP contribution is -2.05. The van der Waals surface area contributed by atoms with E-state index in [1.807, 2.05) is 4.57 Å². The molecule has 0 atom stereocenters. The highest BCUT2D eigenvalue weighted by Crippen LogP contribution is 2.22. The van der Waals surface area contributed by atoms with E-state index in [4.69, 9.17) is 15.6 Å². The molecule has 0 unspecified atom stereocenters. The molecule has 0 spiro atoms. The zero-order valence-corrected chi connectivity index (χ0v) is 11.0. The summed E-state index contributed by atoms with van der Waals surface area (Å²) in [7, 11) is 0. The van der Waals surface area contributed by atoms with Crippen LogP contribution in [-0.4, -0.2) is 37.8 Å². The summed E-state index contributed by atoms with van der Waals surface area (Å²) in [4.78, 5) is 12.5. The Morgan fingerprint density at radius 1 is 1.37 bits per heavy atom. The van der Waals surface area contributed by atoms with Gasteiger partial charge in [0.1, 0.15) is 0 Å². The van der Waals surface area contributed by atoms with Crippen molar-refractivity contribution in [2.75, 3.05) is 18.9 Å². The number of nitrogens with two attached hydrogens (primary N) is 1. The Labute approximate surface area is 111 Å². The first kappa shape index (κ1) is 13.5. The van der Waals surface area contributed by atoms with Crippen molar-refractivity contribution in [2.24, 2.45) is 0 Å². The number of hydrogen-bond acceptors (Lipinski definition) is 6. The van der Waals surface area contributed by atoms with Gasteiger partial charge in [-0.15, -0.1) is 0 Å². The number of aromatic nitrogens is 4. The van der Waals surface area contributed by atoms with E-state index in [1.54, 1.807) is 6.33 Å². The predicted molar refractivity (Wildman–Crippen MR) is 71.8 cm³/mol. The maximum absolute atomic E-state index is 8.87. The summed E-state index contributed by atoms with van der Waals surface area (Å²) < 4.78 is 7.45. The van der Waals surface area contributed by atoms with E-state index in [1.165, 1.54) is 0 Å². The van der Waals surface area contributed by atoms with Crippen LogP contribution in [0.1, 0.15) is 26.2 Å². The van der Waals surface area contributed by atoms with Crippen LogP contribution >= 0.6 is 0 Å². The third kappa shape index (κ3) is 3.11. The van der Waals surface area contributed by atoms with Gasteiger partial charge in [-0.2, -0.15) is 9.97 Å². The van der Waals surface area contributed by atoms with E-state index in [0.29, 0.717) is 36.6 Å². The minimum Gasteiger partial charge on any atom is -0.476 e. The fraction of sp³-hybridized carbons (Fsp3) is 0.583. The molecule has 2 aromatic rings. The molecular formula is C12H19N5O2. The van der Waals surface area contributed by atoms with Gasteiger partial charge in [0.15, 0.2) is 11.2 Å². The molecule has 0 aromatic carbocycles. The number of imidazole rings is 1. The highest BCUT2D eigenvalue weighted by Gasteiger charge is 2.13. The summed E-state index contributed by atoms with van der Waals surface area (Å²) in [6.07, 6.45) is 4.31. The fourth-order valence-corrected chi connectivity index (χ4v) is 1.75. The minimum absolute atomic E-state index is 0.125. The van der Waals surface area contributed by atoms with E-state index in [9.17, 15) is 0 Å². The largest absolute Gasteiger partial charge is 0.476 e. The van der Waals surface area contributed by atoms with Crippen molar-refractivity contribution in [2.45, 2.75) is 32.7 Å². The first-order valence-electron chi connectivity index (χ1n) is 6.48. The van der Waals surface area contributed by atoms with Crippen LogP contribution in [0.2, 0.25) is 0 Å². The van der Waals surface area contributed by atoms with E-state index in [2.05, 4.69) is 21.9 Å². The number of ether oxygens (including phenoxy) is 1. The molecule has 0 saturated carbocycles. The molecule has 0 saturated heterocycles. The van der Waals surface area contributed by atoms with Crippen LogP contribution in [-0.2, 0) is 6.54 Å². The third-order valence-electron chi connectivity index (χ3n) is 2.74. The maximum atomic E-state index is 8.87. The van der Waals surface area contributed by atoms with Crippen molar-refractivity contribution in [3.05, 3.63) is 6.33 Å². The quantitative estimate of drug-likeness (QED) is 0.724. The normalized spacial score (nSPS) is 11.1. The molecule has 0 aliphatic rings. The van der Waals surface area contributed by atoms with Gasteiger partial charge >= 0.3 is 0 Å². The Balaban J connectivity index is 2.28. The number of hydrogen-bond donors (Lipinski definition) is 2. The van der Waals surface area contributed by atoms with Crippen molar-refractivity contribution in [3.63, 3.8) is 0 Å². The van der Waals surface area contributed by atoms with Gasteiger partial charge in [-0.1, -0.05) is 13.3 Å². The van der Waals surface area contributed by atoms with Gasteiger partial charge in [-0.05, 0) is 12.8 Å². The molecule has 19 heavy (non-hydrogen) atoms. The van der Waals surface area contributed by atoms with Crippen LogP contribution in [0, 0.1) is 0 Å². The summed E-state index contributed by atoms with van der Waals surface area (Å²) >= 11 is 0. The van der Waals surface area contributed by atoms with E-state index in [-0.39, 0.29) is 12.6 Å². The number of nitrogens with zero attached hydrogens (tertiary/aromatic N) is 4. The van der Waals surface area contributed by atoms with Crippen LogP contribution in [0.3, 0.4) is 0 Å². The SMILES string of the molecule is CCCCOc1nc(N)nc2c1ncn2CCCO. The van der Waals surface area contributed by atoms with E-state index < -0.39 is 0 Å². The molecule has 0 bridgehead atoms. The second-order valence-electron chi connectivity index (χ2n) is 4.28. The molecule has 2 aromatic heterocycles. The highest BCUT2D eigenvalue weighted by atomic mass is 16.5. The number of aliphatic hydroxyl groups excluding tert-OH is 1. The molecule has 104 valence electrons. The number of anilines is 1. The Morgan fingerprint density at radius 2 is 2.21 bits per heavy atom. The summed E-state index contributed by atoms with van der Waals surface area (Å²) in [6, 6.07) is 0. The number of aryl methyl sites for hydroxylation is 1. The average Bonchev–Trinajstić information content (AvgIpc) is 2.79. The van der Waals surface area contributed by atoms with E-state index in [0.717, 1.165) is 12.8 Å². The van der Waals surface area contributed by atoms with Gasteiger partial charge in [0.25, 0.3) is 0 Å². The van der Waals surface area contributed by atoms with Crippen LogP contribution in [0.4, 0.5) is 5.95 Å². The molecule has 2 rings (SSSR count). The molecule has 0 amide bonds. The Bertz CT molecular complexity index is 540. The van der Waals surface area contributed by atoms with Crippen molar-refractivity contribution >= 4 is 17.1 Å². The Hall–Kier alpha value is -1.89. The van der Waals surface area contributed by atoms with Gasteiger partial charge in [0.2, 0.25) is 11.8 Å². The number of unbranched alkanes of at least 4 members (excludes halogenated alkanes) is 1. The summed E-state index contributed by atoms with van der Waals surface area (Å²) in [5.74, 6) is 0.600. The number of rotatable bonds is 7. The standard InChI is InChI=1S/C12H19N5O2/c1-2-3-7-19-11-9-10(15-12(13)16-11)17(8-14-9)5-4-6-18/h8,18H,2-7H2,1H3,(H2,13,15,16). The van der Waals surface area contributed by atoms with Gasteiger partial charge in [-0.25, -0.2) is 4.98 Å². The molecule has 3 N–H and O–H groups in total. The predicted octanol–water partition coefficient (Wildman–Crippen LogP) is 0.970. The first-order valence-corrected chi connectivity index (χ1v) is 6.48. The van der Waals surface area contributed by atoms with Gasteiger partial charge < -0.3 is 20.1 Å². The molecule has 2 heterocycles. The topological polar surface area (TPSA) is 99.1 Å². The van der Waals surface area contributed by atoms with Crippen molar-refractivity contribution in [3.8, 4) is 5.88 Å². The van der Waals surface area contributed by atoms with Crippen LogP contribution in [0.5, 0.6) is 5.88 Å². The van der Waals surface area contributed by atoms with Crippen LogP contribution < -0.4 is 10.5 Å². The molecule has 0 radical (unpaired) electrons. The summed E-state index contributed by atoms with van der Waals surface area (Å²) in [6.45, 7) is 3.44. The molecule has 7 nitrogen and oxygen atoms in total. The van der Waals surface area contributed by atoms with E-state index >= 15 is 0 Å². The summed E-state index contributed by atoms with van der Waals surface area (Å²) in [5.41, 5.74) is 6.95. The second kappa shape index (κ2) is 6.33. The van der Waals surface area contributed by atoms with Crippen molar-refractivity contribution < 1.29 is 9.84 Å². The zero-order valence-electron chi connectivity index (χ0n) is 11.0. The lowest BCUT2D eigenvalue weighted by atomic mass is 10.4. The minimum atomic E-state index is 0.125. The van der Waals surface area contributed by atoms with Crippen molar-refractivity contribution in [1.82, 2.24) is 19.5 Å². The van der Waals surface area contributed by atoms with Gasteiger partial charge in [-0.3, -0.25) is 0 Å². The van der Waals surface area contributed by atoms with Gasteiger partial charge in [0, 0.05) is 13.2 Å². The number of nitrogen functional groups attached to an aromatic ring is 1. The van der Waals surface area contributed by atoms with Crippen molar-refractivity contribution in [1.29, 1.82) is 0 Å². The monoisotopic (exact) mass is 265 g/mol. The average molecular weight is 265 g/mol. The maximum Gasteiger partial charge on any atom is 0.247 e. The molecule has 7 heteroatoms. The molecular weight excluding hydrogens is 246 g/mol. The lowest BCUT2D eigenvalue weighted by molar-refractivity contribution is 0.280. The van der Waals surface area contributed by atoms with Crippen LogP contribution in [0.25, 0.3) is 11.2 Å². The lowest BCUT2D eigenvalue weighted by Gasteiger charge is -2.06. The second-order valence-corrected chi connectivity index (χ2v) is 4.28. The van der Waals surface area contributed by atoms with Crippen LogP contribution in [0.15, 0.2) is 6.33 Å². The summed E-state index contributed by atoms with van der Waals surface area (Å²) in [5, 5.41) is 8.87. The smallest absolute Gasteiger partial charge is 0.247 e. The highest BCUT2D eigenvalue weighted by molar-refractivity contribution is 5.77.